The number of rotatable bonds is 3. The number of hydrogen-bond acceptors (Lipinski definition) is 1. The van der Waals surface area contributed by atoms with Gasteiger partial charge in [-0.05, 0) is 54.2 Å². The molecule has 1 aliphatic carbocycles. The zero-order chi connectivity index (χ0) is 16.7. The van der Waals surface area contributed by atoms with Crippen molar-refractivity contribution in [2.45, 2.75) is 25.2 Å². The number of amides is 1. The maximum atomic E-state index is 13.1. The summed E-state index contributed by atoms with van der Waals surface area (Å²) < 4.78 is 0. The van der Waals surface area contributed by atoms with E-state index in [1.165, 1.54) is 16.7 Å². The summed E-state index contributed by atoms with van der Waals surface area (Å²) in [6.07, 6.45) is 4.06. The van der Waals surface area contributed by atoms with Gasteiger partial charge in [0.05, 0.1) is 5.41 Å². The number of halogens is 1. The van der Waals surface area contributed by atoms with Crippen molar-refractivity contribution in [1.82, 2.24) is 4.90 Å². The summed E-state index contributed by atoms with van der Waals surface area (Å²) in [5, 5.41) is 0.715. The summed E-state index contributed by atoms with van der Waals surface area (Å²) in [5.41, 5.74) is 4.55. The fraction of sp³-hybridized carbons (Fsp3) is 0.286. The number of carbonyl (C=O) groups excluding carboxylic acids is 1. The van der Waals surface area contributed by atoms with E-state index in [0.717, 1.165) is 18.4 Å². The molecule has 1 amide bonds. The van der Waals surface area contributed by atoms with Crippen molar-refractivity contribution in [2.24, 2.45) is 0 Å². The van der Waals surface area contributed by atoms with E-state index in [9.17, 15) is 4.79 Å². The van der Waals surface area contributed by atoms with Gasteiger partial charge in [-0.15, -0.1) is 0 Å². The van der Waals surface area contributed by atoms with E-state index in [0.29, 0.717) is 18.1 Å². The summed E-state index contributed by atoms with van der Waals surface area (Å²) in [6.45, 7) is 3.54. The van der Waals surface area contributed by atoms with Gasteiger partial charge in [-0.3, -0.25) is 4.79 Å². The lowest BCUT2D eigenvalue weighted by Crippen LogP contribution is -2.38. The zero-order valence-corrected chi connectivity index (χ0v) is 14.5. The summed E-state index contributed by atoms with van der Waals surface area (Å²) >= 11 is 5.99. The molecule has 24 heavy (non-hydrogen) atoms. The Bertz CT molecular complexity index is 818. The molecule has 0 unspecified atom stereocenters. The summed E-state index contributed by atoms with van der Waals surface area (Å²) in [4.78, 5) is 15.1. The predicted octanol–water partition coefficient (Wildman–Crippen LogP) is 4.61. The lowest BCUT2D eigenvalue weighted by Gasteiger charge is -2.24. The van der Waals surface area contributed by atoms with Gasteiger partial charge in [0.1, 0.15) is 0 Å². The third kappa shape index (κ3) is 2.55. The Hall–Kier alpha value is -2.06. The van der Waals surface area contributed by atoms with Crippen molar-refractivity contribution in [2.75, 3.05) is 13.1 Å². The zero-order valence-electron chi connectivity index (χ0n) is 13.8. The van der Waals surface area contributed by atoms with Crippen LogP contribution in [0.3, 0.4) is 0 Å². The first kappa shape index (κ1) is 15.5. The highest BCUT2D eigenvalue weighted by Crippen LogP contribution is 2.50. The Morgan fingerprint density at radius 2 is 1.79 bits per heavy atom. The smallest absolute Gasteiger partial charge is 0.233 e. The molecule has 4 rings (SSSR count). The molecule has 2 aromatic carbocycles. The summed E-state index contributed by atoms with van der Waals surface area (Å²) in [5.74, 6) is 0.254. The van der Waals surface area contributed by atoms with Crippen molar-refractivity contribution in [3.8, 4) is 0 Å². The van der Waals surface area contributed by atoms with E-state index in [1.807, 2.05) is 29.2 Å². The van der Waals surface area contributed by atoms with Gasteiger partial charge in [-0.25, -0.2) is 0 Å². The van der Waals surface area contributed by atoms with Crippen LogP contribution in [0.5, 0.6) is 0 Å². The first-order valence-electron chi connectivity index (χ1n) is 8.41. The van der Waals surface area contributed by atoms with Gasteiger partial charge < -0.3 is 4.90 Å². The summed E-state index contributed by atoms with van der Waals surface area (Å²) in [7, 11) is 0. The molecule has 1 saturated carbocycles. The molecule has 2 aliphatic rings. The number of aryl methyl sites for hydroxylation is 1. The Morgan fingerprint density at radius 1 is 1.08 bits per heavy atom. The Morgan fingerprint density at radius 3 is 2.46 bits per heavy atom. The molecule has 0 atom stereocenters. The number of hydrogen-bond donors (Lipinski definition) is 0. The van der Waals surface area contributed by atoms with Gasteiger partial charge in [0, 0.05) is 18.1 Å². The normalized spacial score (nSPS) is 18.4. The maximum absolute atomic E-state index is 13.1. The van der Waals surface area contributed by atoms with Crippen LogP contribution in [0.25, 0.3) is 5.57 Å². The number of nitrogens with zero attached hydrogens (tertiary/aromatic N) is 1. The molecule has 2 aromatic rings. The van der Waals surface area contributed by atoms with Crippen LogP contribution in [-0.2, 0) is 10.2 Å². The molecule has 122 valence electrons. The molecule has 3 heteroatoms. The number of carbonyl (C=O) groups is 1. The lowest BCUT2D eigenvalue weighted by atomic mass is 9.94. The van der Waals surface area contributed by atoms with Gasteiger partial charge in [0.15, 0.2) is 0 Å². The molecule has 0 aromatic heterocycles. The van der Waals surface area contributed by atoms with Gasteiger partial charge in [0.25, 0.3) is 0 Å². The monoisotopic (exact) mass is 337 g/mol. The second kappa shape index (κ2) is 5.78. The Balaban J connectivity index is 1.53. The van der Waals surface area contributed by atoms with E-state index in [2.05, 4.69) is 37.3 Å². The Kier molecular flexibility index (Phi) is 3.73. The van der Waals surface area contributed by atoms with Crippen molar-refractivity contribution < 1.29 is 4.79 Å². The van der Waals surface area contributed by atoms with E-state index in [4.69, 9.17) is 11.6 Å². The highest BCUT2D eigenvalue weighted by molar-refractivity contribution is 6.30. The molecule has 0 radical (unpaired) electrons. The molecule has 1 fully saturated rings. The highest BCUT2D eigenvalue weighted by Gasteiger charge is 2.53. The van der Waals surface area contributed by atoms with Gasteiger partial charge in [0.2, 0.25) is 5.91 Å². The third-order valence-corrected chi connectivity index (χ3v) is 5.51. The molecular weight excluding hydrogens is 318 g/mol. The fourth-order valence-electron chi connectivity index (χ4n) is 3.66. The molecule has 0 bridgehead atoms. The fourth-order valence-corrected chi connectivity index (χ4v) is 3.79. The van der Waals surface area contributed by atoms with Gasteiger partial charge in [-0.2, -0.15) is 0 Å². The third-order valence-electron chi connectivity index (χ3n) is 5.25. The molecule has 0 N–H and O–H groups in total. The second-order valence-corrected chi connectivity index (χ2v) is 7.26. The second-order valence-electron chi connectivity index (χ2n) is 6.82. The largest absolute Gasteiger partial charge is 0.334 e. The minimum atomic E-state index is -0.320. The van der Waals surface area contributed by atoms with E-state index < -0.39 is 0 Å². The van der Waals surface area contributed by atoms with E-state index in [-0.39, 0.29) is 11.3 Å². The van der Waals surface area contributed by atoms with E-state index >= 15 is 0 Å². The van der Waals surface area contributed by atoms with Gasteiger partial charge >= 0.3 is 0 Å². The van der Waals surface area contributed by atoms with Crippen LogP contribution in [0.15, 0.2) is 54.6 Å². The average Bonchev–Trinajstić information content (AvgIpc) is 3.26. The van der Waals surface area contributed by atoms with Crippen LogP contribution < -0.4 is 0 Å². The van der Waals surface area contributed by atoms with Crippen LogP contribution in [0.4, 0.5) is 0 Å². The lowest BCUT2D eigenvalue weighted by molar-refractivity contribution is -0.132. The minimum absolute atomic E-state index is 0.254. The van der Waals surface area contributed by atoms with Crippen LogP contribution in [-0.4, -0.2) is 23.9 Å². The van der Waals surface area contributed by atoms with Gasteiger partial charge in [-0.1, -0.05) is 54.1 Å². The SMILES string of the molecule is Cc1ccccc1C1=CCN(C(=O)C2(c3ccc(Cl)cc3)CC2)C1. The topological polar surface area (TPSA) is 20.3 Å². The van der Waals surface area contributed by atoms with Crippen molar-refractivity contribution in [1.29, 1.82) is 0 Å². The Labute approximate surface area is 147 Å². The maximum Gasteiger partial charge on any atom is 0.233 e. The average molecular weight is 338 g/mol. The van der Waals surface area contributed by atoms with Crippen molar-refractivity contribution in [3.63, 3.8) is 0 Å². The minimum Gasteiger partial charge on any atom is -0.334 e. The molecule has 1 aliphatic heterocycles. The van der Waals surface area contributed by atoms with Crippen LogP contribution >= 0.6 is 11.6 Å². The van der Waals surface area contributed by atoms with Crippen molar-refractivity contribution in [3.05, 3.63) is 76.3 Å². The molecule has 1 heterocycles. The molecular formula is C21H20ClNO. The first-order chi connectivity index (χ1) is 11.6. The predicted molar refractivity (Wildman–Crippen MR) is 98.1 cm³/mol. The molecule has 2 nitrogen and oxygen atoms in total. The summed E-state index contributed by atoms with van der Waals surface area (Å²) in [6, 6.07) is 16.1. The highest BCUT2D eigenvalue weighted by atomic mass is 35.5. The van der Waals surface area contributed by atoms with Crippen LogP contribution in [0.2, 0.25) is 5.02 Å². The standard InChI is InChI=1S/C21H20ClNO/c1-15-4-2-3-5-19(15)16-10-13-23(14-16)20(24)21(11-12-21)17-6-8-18(22)9-7-17/h2-10H,11-14H2,1H3. The van der Waals surface area contributed by atoms with Crippen LogP contribution in [0, 0.1) is 6.92 Å². The van der Waals surface area contributed by atoms with E-state index in [1.54, 1.807) is 0 Å². The number of benzene rings is 2. The van der Waals surface area contributed by atoms with Crippen molar-refractivity contribution >= 4 is 23.1 Å². The van der Waals surface area contributed by atoms with Crippen LogP contribution in [0.1, 0.15) is 29.5 Å². The first-order valence-corrected chi connectivity index (χ1v) is 8.78. The quantitative estimate of drug-likeness (QED) is 0.801. The molecule has 0 spiro atoms. The molecule has 0 saturated heterocycles.